The summed E-state index contributed by atoms with van der Waals surface area (Å²) in [4.78, 5) is 20.8. The summed E-state index contributed by atoms with van der Waals surface area (Å²) in [7, 11) is 0. The SMILES string of the molecule is O=CNc1c(Br)cccc1C(=O)O. The average Bonchev–Trinajstić information content (AvgIpc) is 2.08. The Morgan fingerprint density at radius 3 is 2.77 bits per heavy atom. The first-order valence-electron chi connectivity index (χ1n) is 3.39. The van der Waals surface area contributed by atoms with Crippen molar-refractivity contribution in [1.29, 1.82) is 0 Å². The third kappa shape index (κ3) is 2.06. The summed E-state index contributed by atoms with van der Waals surface area (Å²) in [6.07, 6.45) is 0.437. The lowest BCUT2D eigenvalue weighted by atomic mass is 10.2. The number of aromatic carboxylic acids is 1. The molecule has 0 bridgehead atoms. The van der Waals surface area contributed by atoms with Crippen molar-refractivity contribution >= 4 is 34.0 Å². The summed E-state index contributed by atoms with van der Waals surface area (Å²) in [5, 5.41) is 11.1. The van der Waals surface area contributed by atoms with Crippen LogP contribution in [0.15, 0.2) is 22.7 Å². The number of carboxylic acids is 1. The maximum absolute atomic E-state index is 10.7. The summed E-state index contributed by atoms with van der Waals surface area (Å²) in [5.74, 6) is -1.08. The molecule has 0 fully saturated rings. The first-order chi connectivity index (χ1) is 6.16. The largest absolute Gasteiger partial charge is 0.478 e. The van der Waals surface area contributed by atoms with E-state index in [1.54, 1.807) is 12.1 Å². The molecule has 0 radical (unpaired) electrons. The first-order valence-corrected chi connectivity index (χ1v) is 4.18. The molecule has 5 heteroatoms. The Balaban J connectivity index is 3.24. The van der Waals surface area contributed by atoms with Gasteiger partial charge in [0.1, 0.15) is 0 Å². The molecule has 0 unspecified atom stereocenters. The zero-order valence-corrected chi connectivity index (χ0v) is 8.04. The lowest BCUT2D eigenvalue weighted by molar-refractivity contribution is -0.105. The van der Waals surface area contributed by atoms with Crippen LogP contribution in [-0.2, 0) is 4.79 Å². The summed E-state index contributed by atoms with van der Waals surface area (Å²) < 4.78 is 0.541. The predicted octanol–water partition coefficient (Wildman–Crippen LogP) is 1.72. The highest BCUT2D eigenvalue weighted by Gasteiger charge is 2.11. The van der Waals surface area contributed by atoms with E-state index >= 15 is 0 Å². The van der Waals surface area contributed by atoms with Crippen LogP contribution >= 0.6 is 15.9 Å². The van der Waals surface area contributed by atoms with Gasteiger partial charge in [0, 0.05) is 4.47 Å². The second-order valence-corrected chi connectivity index (χ2v) is 3.08. The van der Waals surface area contributed by atoms with Gasteiger partial charge in [0.2, 0.25) is 6.41 Å². The molecule has 2 N–H and O–H groups in total. The number of halogens is 1. The van der Waals surface area contributed by atoms with Crippen molar-refractivity contribution in [2.75, 3.05) is 5.32 Å². The highest BCUT2D eigenvalue weighted by atomic mass is 79.9. The highest BCUT2D eigenvalue weighted by molar-refractivity contribution is 9.10. The Hall–Kier alpha value is -1.36. The fraction of sp³-hybridized carbons (Fsp3) is 0. The van der Waals surface area contributed by atoms with E-state index in [1.807, 2.05) is 0 Å². The second kappa shape index (κ2) is 4.04. The average molecular weight is 244 g/mol. The van der Waals surface area contributed by atoms with Gasteiger partial charge in [0.25, 0.3) is 0 Å². The molecular weight excluding hydrogens is 238 g/mol. The summed E-state index contributed by atoms with van der Waals surface area (Å²) in [6.45, 7) is 0. The van der Waals surface area contributed by atoms with E-state index in [-0.39, 0.29) is 11.3 Å². The van der Waals surface area contributed by atoms with Crippen molar-refractivity contribution in [2.24, 2.45) is 0 Å². The molecule has 68 valence electrons. The van der Waals surface area contributed by atoms with Crippen LogP contribution in [0.25, 0.3) is 0 Å². The number of para-hydroxylation sites is 1. The number of anilines is 1. The lowest BCUT2D eigenvalue weighted by Crippen LogP contribution is -2.04. The minimum Gasteiger partial charge on any atom is -0.478 e. The zero-order valence-electron chi connectivity index (χ0n) is 6.45. The summed E-state index contributed by atoms with van der Waals surface area (Å²) >= 11 is 3.13. The quantitative estimate of drug-likeness (QED) is 0.795. The molecule has 0 heterocycles. The number of amides is 1. The van der Waals surface area contributed by atoms with Gasteiger partial charge in [0.05, 0.1) is 11.3 Å². The number of carboxylic acid groups (broad SMARTS) is 1. The first kappa shape index (κ1) is 9.73. The van der Waals surface area contributed by atoms with Gasteiger partial charge in [-0.15, -0.1) is 0 Å². The molecule has 13 heavy (non-hydrogen) atoms. The number of hydrogen-bond donors (Lipinski definition) is 2. The van der Waals surface area contributed by atoms with Crippen LogP contribution in [0.3, 0.4) is 0 Å². The smallest absolute Gasteiger partial charge is 0.337 e. The van der Waals surface area contributed by atoms with Crippen molar-refractivity contribution in [2.45, 2.75) is 0 Å². The molecule has 0 atom stereocenters. The van der Waals surface area contributed by atoms with Crippen molar-refractivity contribution in [3.63, 3.8) is 0 Å². The Bertz CT molecular complexity index is 351. The van der Waals surface area contributed by atoms with Gasteiger partial charge < -0.3 is 10.4 Å². The molecule has 1 amide bonds. The maximum atomic E-state index is 10.7. The minimum absolute atomic E-state index is 0.0569. The molecule has 0 aromatic heterocycles. The number of carbonyl (C=O) groups excluding carboxylic acids is 1. The number of nitrogens with one attached hydrogen (secondary N) is 1. The Morgan fingerprint density at radius 1 is 1.54 bits per heavy atom. The molecule has 1 aromatic carbocycles. The summed E-state index contributed by atoms with van der Waals surface area (Å²) in [6, 6.07) is 4.65. The van der Waals surface area contributed by atoms with E-state index in [0.717, 1.165) is 0 Å². The lowest BCUT2D eigenvalue weighted by Gasteiger charge is -2.05. The van der Waals surface area contributed by atoms with Crippen molar-refractivity contribution in [1.82, 2.24) is 0 Å². The van der Waals surface area contributed by atoms with Crippen molar-refractivity contribution in [3.05, 3.63) is 28.2 Å². The topological polar surface area (TPSA) is 66.4 Å². The monoisotopic (exact) mass is 243 g/mol. The van der Waals surface area contributed by atoms with Gasteiger partial charge in [0.15, 0.2) is 0 Å². The van der Waals surface area contributed by atoms with Crippen molar-refractivity contribution < 1.29 is 14.7 Å². The molecule has 0 aliphatic rings. The predicted molar refractivity (Wildman–Crippen MR) is 50.8 cm³/mol. The molecule has 0 saturated heterocycles. The van der Waals surface area contributed by atoms with Crippen LogP contribution < -0.4 is 5.32 Å². The van der Waals surface area contributed by atoms with E-state index in [1.165, 1.54) is 6.07 Å². The van der Waals surface area contributed by atoms with E-state index in [0.29, 0.717) is 10.9 Å². The van der Waals surface area contributed by atoms with Crippen molar-refractivity contribution in [3.8, 4) is 0 Å². The Labute approximate surface area is 82.7 Å². The van der Waals surface area contributed by atoms with Gasteiger partial charge in [-0.2, -0.15) is 0 Å². The molecule has 0 aliphatic heterocycles. The minimum atomic E-state index is -1.08. The Kier molecular flexibility index (Phi) is 3.02. The molecule has 0 aliphatic carbocycles. The number of benzene rings is 1. The van der Waals surface area contributed by atoms with Crippen LogP contribution in [-0.4, -0.2) is 17.5 Å². The van der Waals surface area contributed by atoms with E-state index in [4.69, 9.17) is 5.11 Å². The van der Waals surface area contributed by atoms with E-state index in [9.17, 15) is 9.59 Å². The van der Waals surface area contributed by atoms with Crippen LogP contribution in [0.5, 0.6) is 0 Å². The number of rotatable bonds is 3. The molecule has 1 rings (SSSR count). The van der Waals surface area contributed by atoms with Gasteiger partial charge >= 0.3 is 5.97 Å². The second-order valence-electron chi connectivity index (χ2n) is 2.23. The molecule has 0 saturated carbocycles. The van der Waals surface area contributed by atoms with Gasteiger partial charge in [-0.05, 0) is 28.1 Å². The van der Waals surface area contributed by atoms with E-state index < -0.39 is 5.97 Å². The van der Waals surface area contributed by atoms with Crippen LogP contribution in [0.4, 0.5) is 5.69 Å². The standard InChI is InChI=1S/C8H6BrNO3/c9-6-3-1-2-5(8(12)13)7(6)10-4-11/h1-4H,(H,10,11)(H,12,13). The normalized spacial score (nSPS) is 9.31. The van der Waals surface area contributed by atoms with Gasteiger partial charge in [-0.25, -0.2) is 4.79 Å². The van der Waals surface area contributed by atoms with Crippen LogP contribution in [0.1, 0.15) is 10.4 Å². The highest BCUT2D eigenvalue weighted by Crippen LogP contribution is 2.25. The fourth-order valence-corrected chi connectivity index (χ4v) is 1.39. The number of carbonyl (C=O) groups is 2. The fourth-order valence-electron chi connectivity index (χ4n) is 0.908. The molecule has 4 nitrogen and oxygen atoms in total. The molecule has 1 aromatic rings. The summed E-state index contributed by atoms with van der Waals surface area (Å²) in [5.41, 5.74) is 0.325. The van der Waals surface area contributed by atoms with E-state index in [2.05, 4.69) is 21.2 Å². The number of hydrogen-bond acceptors (Lipinski definition) is 2. The van der Waals surface area contributed by atoms with Gasteiger partial charge in [-0.3, -0.25) is 4.79 Å². The van der Waals surface area contributed by atoms with Crippen LogP contribution in [0, 0.1) is 0 Å². The van der Waals surface area contributed by atoms with Gasteiger partial charge in [-0.1, -0.05) is 6.07 Å². The van der Waals surface area contributed by atoms with Crippen LogP contribution in [0.2, 0.25) is 0 Å². The zero-order chi connectivity index (χ0) is 9.84. The third-order valence-corrected chi connectivity index (χ3v) is 2.11. The molecule has 0 spiro atoms. The third-order valence-electron chi connectivity index (χ3n) is 1.45. The molecular formula is C8H6BrNO3. The maximum Gasteiger partial charge on any atom is 0.337 e. The Morgan fingerprint density at radius 2 is 2.23 bits per heavy atom.